The molecule has 0 aromatic heterocycles. The number of rotatable bonds is 4. The van der Waals surface area contributed by atoms with E-state index in [1.807, 2.05) is 0 Å². The van der Waals surface area contributed by atoms with Crippen molar-refractivity contribution < 1.29 is 0 Å². The summed E-state index contributed by atoms with van der Waals surface area (Å²) in [7, 11) is 0. The van der Waals surface area contributed by atoms with Gasteiger partial charge in [0.15, 0.2) is 0 Å². The summed E-state index contributed by atoms with van der Waals surface area (Å²) in [5.74, 6) is 0. The zero-order valence-electron chi connectivity index (χ0n) is 52.3. The van der Waals surface area contributed by atoms with Crippen molar-refractivity contribution in [2.45, 2.75) is 219 Å². The lowest BCUT2D eigenvalue weighted by Crippen LogP contribution is -2.62. The Morgan fingerprint density at radius 3 is 1.48 bits per heavy atom. The van der Waals surface area contributed by atoms with E-state index in [0.717, 1.165) is 6.42 Å². The predicted octanol–water partition coefficient (Wildman–Crippen LogP) is 19.0. The van der Waals surface area contributed by atoms with E-state index in [0.29, 0.717) is 0 Å². The molecule has 412 valence electrons. The monoisotopic (exact) mass is 1060 g/mol. The average molecular weight is 1060 g/mol. The molecular formula is C76H90BN3. The van der Waals surface area contributed by atoms with E-state index in [-0.39, 0.29) is 55.6 Å². The zero-order valence-corrected chi connectivity index (χ0v) is 52.3. The molecule has 3 aliphatic heterocycles. The Morgan fingerprint density at radius 1 is 0.362 bits per heavy atom. The Morgan fingerprint density at radius 2 is 0.887 bits per heavy atom. The van der Waals surface area contributed by atoms with Crippen LogP contribution in [0.15, 0.2) is 127 Å². The Bertz CT molecular complexity index is 3740. The first-order chi connectivity index (χ1) is 37.3. The van der Waals surface area contributed by atoms with Crippen LogP contribution in [0.1, 0.15) is 215 Å². The summed E-state index contributed by atoms with van der Waals surface area (Å²) in [6.07, 6.45) is 7.04. The molecule has 3 aliphatic carbocycles. The van der Waals surface area contributed by atoms with Gasteiger partial charge in [-0.25, -0.2) is 0 Å². The van der Waals surface area contributed by atoms with Crippen LogP contribution in [0.2, 0.25) is 0 Å². The zero-order chi connectivity index (χ0) is 57.0. The smallest absolute Gasteiger partial charge is 0.252 e. The molecule has 0 amide bonds. The van der Waals surface area contributed by atoms with E-state index < -0.39 is 0 Å². The number of anilines is 8. The molecule has 2 unspecified atom stereocenters. The lowest BCUT2D eigenvalue weighted by molar-refractivity contribution is 0.133. The van der Waals surface area contributed by atoms with Gasteiger partial charge in [-0.1, -0.05) is 191 Å². The maximum absolute atomic E-state index is 2.78. The molecule has 3 nitrogen and oxygen atoms in total. The first kappa shape index (κ1) is 53.3. The second-order valence-electron chi connectivity index (χ2n) is 32.0. The van der Waals surface area contributed by atoms with Gasteiger partial charge in [0.25, 0.3) is 6.71 Å². The lowest BCUT2D eigenvalue weighted by Gasteiger charge is -2.56. The maximum Gasteiger partial charge on any atom is 0.252 e. The summed E-state index contributed by atoms with van der Waals surface area (Å²) >= 11 is 0. The molecule has 0 N–H and O–H groups in total. The Kier molecular flexibility index (Phi) is 11.2. The van der Waals surface area contributed by atoms with E-state index >= 15 is 0 Å². The third-order valence-electron chi connectivity index (χ3n) is 21.9. The molecule has 4 heteroatoms. The minimum Gasteiger partial charge on any atom is -0.334 e. The van der Waals surface area contributed by atoms with Crippen LogP contribution < -0.4 is 31.1 Å². The standard InChI is InChI=1S/C76H90BN3/c1-68(2,3)48-25-31-61(53(39-48)47-23-21-20-22-24-47)79-63-44-52(80-62-32-26-49(69(4,5)6)40-58(62)75(18)37-38-76(75,80)19)28-30-59(63)77-60-45-56-57(74(16,17)36-35-73(56,14)15)46-64(60)78(65-41-50(70(7,8)9)42-66(79)67(65)77)51-27-29-54-55(43-51)72(12,13)34-33-71(54,10)11/h20-32,39-46H,33-38H2,1-19H3. The van der Waals surface area contributed by atoms with Gasteiger partial charge in [0.05, 0.1) is 11.2 Å². The number of benzene rings is 7. The van der Waals surface area contributed by atoms with Gasteiger partial charge in [-0.15, -0.1) is 0 Å². The Labute approximate surface area is 482 Å². The van der Waals surface area contributed by atoms with Gasteiger partial charge in [-0.2, -0.15) is 0 Å². The highest BCUT2D eigenvalue weighted by atomic mass is 15.3. The molecule has 0 radical (unpaired) electrons. The lowest BCUT2D eigenvalue weighted by atomic mass is 9.33. The molecule has 7 aromatic carbocycles. The number of hydrogen-bond donors (Lipinski definition) is 0. The van der Waals surface area contributed by atoms with Crippen molar-refractivity contribution >= 4 is 68.6 Å². The van der Waals surface area contributed by atoms with Gasteiger partial charge in [-0.3, -0.25) is 0 Å². The van der Waals surface area contributed by atoms with Gasteiger partial charge in [-0.05, 0) is 210 Å². The predicted molar refractivity (Wildman–Crippen MR) is 346 cm³/mol. The minimum atomic E-state index is -0.155. The Balaban J connectivity index is 1.16. The third kappa shape index (κ3) is 7.64. The van der Waals surface area contributed by atoms with Crippen LogP contribution >= 0.6 is 0 Å². The van der Waals surface area contributed by atoms with E-state index in [1.165, 1.54) is 150 Å². The third-order valence-corrected chi connectivity index (χ3v) is 21.9. The summed E-state index contributed by atoms with van der Waals surface area (Å²) in [4.78, 5) is 8.27. The molecular weight excluding hydrogens is 966 g/mol. The fourth-order valence-corrected chi connectivity index (χ4v) is 15.9. The quantitative estimate of drug-likeness (QED) is 0.163. The van der Waals surface area contributed by atoms with E-state index in [1.54, 1.807) is 0 Å². The minimum absolute atomic E-state index is 0.0153. The molecule has 0 bridgehead atoms. The van der Waals surface area contributed by atoms with Gasteiger partial charge >= 0.3 is 0 Å². The fourth-order valence-electron chi connectivity index (χ4n) is 15.9. The second kappa shape index (κ2) is 16.8. The van der Waals surface area contributed by atoms with Gasteiger partial charge in [0.1, 0.15) is 0 Å². The highest BCUT2D eigenvalue weighted by Gasteiger charge is 2.63. The van der Waals surface area contributed by atoms with Crippen LogP contribution in [0.3, 0.4) is 0 Å². The van der Waals surface area contributed by atoms with Crippen molar-refractivity contribution in [2.75, 3.05) is 14.7 Å². The molecule has 0 spiro atoms. The Hall–Kier alpha value is -6.00. The average Bonchev–Trinajstić information content (AvgIpc) is 3.51. The SMILES string of the molecule is CC(C)(C)c1ccc(N2c3cc(N4c5ccc(C(C)(C)C)cc5C5(C)CCC45C)ccc3B3c4cc5c(cc4N(c4ccc6c(c4)C(C)(C)CCC6(C)C)c4cc(C(C)(C)C)cc2c43)C(C)(C)CCC5(C)C)c(-c2ccccc2)c1. The van der Waals surface area contributed by atoms with Crippen LogP contribution in [0, 0.1) is 0 Å². The molecule has 80 heavy (non-hydrogen) atoms. The largest absolute Gasteiger partial charge is 0.334 e. The van der Waals surface area contributed by atoms with Crippen molar-refractivity contribution in [1.29, 1.82) is 0 Å². The van der Waals surface area contributed by atoms with Crippen molar-refractivity contribution in [3.05, 3.63) is 172 Å². The maximum atomic E-state index is 2.78. The van der Waals surface area contributed by atoms with Crippen LogP contribution in [0.25, 0.3) is 11.1 Å². The van der Waals surface area contributed by atoms with Crippen molar-refractivity contribution in [2.24, 2.45) is 0 Å². The number of hydrogen-bond acceptors (Lipinski definition) is 3. The van der Waals surface area contributed by atoms with Gasteiger partial charge < -0.3 is 14.7 Å². The highest BCUT2D eigenvalue weighted by Crippen LogP contribution is 2.66. The van der Waals surface area contributed by atoms with Crippen LogP contribution in [0.4, 0.5) is 45.5 Å². The summed E-state index contributed by atoms with van der Waals surface area (Å²) in [5, 5.41) is 0. The van der Waals surface area contributed by atoms with Crippen molar-refractivity contribution in [3.63, 3.8) is 0 Å². The molecule has 13 rings (SSSR count). The molecule has 0 saturated heterocycles. The molecule has 3 heterocycles. The van der Waals surface area contributed by atoms with Crippen molar-refractivity contribution in [3.8, 4) is 11.1 Å². The van der Waals surface area contributed by atoms with Gasteiger partial charge in [0.2, 0.25) is 0 Å². The topological polar surface area (TPSA) is 9.72 Å². The van der Waals surface area contributed by atoms with Crippen LogP contribution in [-0.4, -0.2) is 12.3 Å². The van der Waals surface area contributed by atoms with E-state index in [9.17, 15) is 0 Å². The first-order valence-electron chi connectivity index (χ1n) is 30.7. The summed E-state index contributed by atoms with van der Waals surface area (Å²) < 4.78 is 0. The van der Waals surface area contributed by atoms with Crippen molar-refractivity contribution in [1.82, 2.24) is 0 Å². The molecule has 2 atom stereocenters. The second-order valence-corrected chi connectivity index (χ2v) is 32.0. The number of fused-ring (bicyclic) bond motifs is 9. The molecule has 6 aliphatic rings. The highest BCUT2D eigenvalue weighted by molar-refractivity contribution is 7.00. The number of nitrogens with zero attached hydrogens (tertiary/aromatic N) is 3. The first-order valence-corrected chi connectivity index (χ1v) is 30.7. The van der Waals surface area contributed by atoms with Gasteiger partial charge in [0, 0.05) is 50.8 Å². The molecule has 1 saturated carbocycles. The van der Waals surface area contributed by atoms with Crippen LogP contribution in [0.5, 0.6) is 0 Å². The summed E-state index contributed by atoms with van der Waals surface area (Å²) in [6, 6.07) is 52.1. The van der Waals surface area contributed by atoms with E-state index in [4.69, 9.17) is 0 Å². The van der Waals surface area contributed by atoms with E-state index in [2.05, 4.69) is 274 Å². The summed E-state index contributed by atoms with van der Waals surface area (Å²) in [6.45, 7) is 46.5. The summed E-state index contributed by atoms with van der Waals surface area (Å²) in [5.41, 5.74) is 28.7. The fraction of sp³-hybridized carbons (Fsp3) is 0.447. The van der Waals surface area contributed by atoms with Crippen LogP contribution in [-0.2, 0) is 43.3 Å². The molecule has 7 aromatic rings. The molecule has 1 fully saturated rings. The normalized spacial score (nSPS) is 22.5.